The van der Waals surface area contributed by atoms with Crippen LogP contribution in [0.25, 0.3) is 0 Å². The molecule has 1 N–H and O–H groups in total. The number of nitriles is 1. The van der Waals surface area contributed by atoms with Crippen molar-refractivity contribution in [3.63, 3.8) is 0 Å². The van der Waals surface area contributed by atoms with Crippen LogP contribution in [0.4, 0.5) is 0 Å². The Kier molecular flexibility index (Phi) is 4.20. The van der Waals surface area contributed by atoms with Gasteiger partial charge >= 0.3 is 0 Å². The molecule has 1 saturated carbocycles. The SMILES string of the molecule is CNC(C#N)CCN(C)CC1CC1. The molecule has 0 radical (unpaired) electrons. The summed E-state index contributed by atoms with van der Waals surface area (Å²) < 4.78 is 0. The van der Waals surface area contributed by atoms with Crippen LogP contribution < -0.4 is 5.32 Å². The Morgan fingerprint density at radius 2 is 2.31 bits per heavy atom. The van der Waals surface area contributed by atoms with Crippen molar-refractivity contribution in [3.05, 3.63) is 0 Å². The summed E-state index contributed by atoms with van der Waals surface area (Å²) in [7, 11) is 3.98. The predicted molar refractivity (Wildman–Crippen MR) is 53.3 cm³/mol. The number of nitrogens with one attached hydrogen (secondary N) is 1. The monoisotopic (exact) mass is 181 g/mol. The van der Waals surface area contributed by atoms with Gasteiger partial charge < -0.3 is 10.2 Å². The van der Waals surface area contributed by atoms with E-state index in [9.17, 15) is 0 Å². The van der Waals surface area contributed by atoms with E-state index < -0.39 is 0 Å². The highest BCUT2D eigenvalue weighted by Gasteiger charge is 2.22. The van der Waals surface area contributed by atoms with Crippen molar-refractivity contribution in [2.45, 2.75) is 25.3 Å². The molecule has 3 nitrogen and oxygen atoms in total. The maximum absolute atomic E-state index is 8.70. The molecule has 0 spiro atoms. The summed E-state index contributed by atoms with van der Waals surface area (Å²) in [4.78, 5) is 2.33. The summed E-state index contributed by atoms with van der Waals surface area (Å²) in [6.45, 7) is 2.23. The van der Waals surface area contributed by atoms with E-state index in [0.29, 0.717) is 0 Å². The number of hydrogen-bond acceptors (Lipinski definition) is 3. The second-order valence-electron chi connectivity index (χ2n) is 3.96. The Labute approximate surface area is 80.7 Å². The Morgan fingerprint density at radius 3 is 2.77 bits per heavy atom. The summed E-state index contributed by atoms with van der Waals surface area (Å²) in [5, 5.41) is 11.7. The minimum absolute atomic E-state index is 0.0154. The van der Waals surface area contributed by atoms with E-state index in [4.69, 9.17) is 5.26 Å². The minimum Gasteiger partial charge on any atom is -0.306 e. The van der Waals surface area contributed by atoms with E-state index >= 15 is 0 Å². The van der Waals surface area contributed by atoms with Crippen LogP contribution in [0.5, 0.6) is 0 Å². The molecule has 0 saturated heterocycles. The zero-order chi connectivity index (χ0) is 9.68. The highest BCUT2D eigenvalue weighted by Crippen LogP contribution is 2.29. The molecule has 0 amide bonds. The van der Waals surface area contributed by atoms with E-state index in [2.05, 4.69) is 23.3 Å². The molecule has 1 aliphatic carbocycles. The van der Waals surface area contributed by atoms with E-state index in [0.717, 1.165) is 18.9 Å². The Hall–Kier alpha value is -0.590. The second kappa shape index (κ2) is 5.21. The second-order valence-corrected chi connectivity index (χ2v) is 3.96. The van der Waals surface area contributed by atoms with Crippen LogP contribution in [0, 0.1) is 17.2 Å². The highest BCUT2D eigenvalue weighted by atomic mass is 15.1. The first-order valence-corrected chi connectivity index (χ1v) is 5.01. The summed E-state index contributed by atoms with van der Waals surface area (Å²) in [5.74, 6) is 0.945. The van der Waals surface area contributed by atoms with E-state index in [1.54, 1.807) is 0 Å². The third kappa shape index (κ3) is 4.25. The standard InChI is InChI=1S/C10H19N3/c1-12-10(7-11)5-6-13(2)8-9-3-4-9/h9-10,12H,3-6,8H2,1-2H3. The van der Waals surface area contributed by atoms with Crippen molar-refractivity contribution < 1.29 is 0 Å². The lowest BCUT2D eigenvalue weighted by molar-refractivity contribution is 0.308. The first-order chi connectivity index (χ1) is 6.26. The van der Waals surface area contributed by atoms with Gasteiger partial charge in [-0.05, 0) is 39.3 Å². The van der Waals surface area contributed by atoms with Crippen LogP contribution in [-0.4, -0.2) is 38.1 Å². The first-order valence-electron chi connectivity index (χ1n) is 5.01. The summed E-state index contributed by atoms with van der Waals surface area (Å²) >= 11 is 0. The molecular weight excluding hydrogens is 162 g/mol. The van der Waals surface area contributed by atoms with E-state index in [1.807, 2.05) is 7.05 Å². The normalized spacial score (nSPS) is 18.6. The molecule has 0 aromatic heterocycles. The molecule has 0 aliphatic heterocycles. The number of nitrogens with zero attached hydrogens (tertiary/aromatic N) is 2. The fourth-order valence-electron chi connectivity index (χ4n) is 1.46. The van der Waals surface area contributed by atoms with Gasteiger partial charge in [-0.3, -0.25) is 0 Å². The lowest BCUT2D eigenvalue weighted by Crippen LogP contribution is -2.30. The lowest BCUT2D eigenvalue weighted by atomic mass is 10.2. The molecule has 1 rings (SSSR count). The number of rotatable bonds is 6. The smallest absolute Gasteiger partial charge is 0.0962 e. The molecular formula is C10H19N3. The molecule has 74 valence electrons. The van der Waals surface area contributed by atoms with Gasteiger partial charge in [0.15, 0.2) is 0 Å². The molecule has 13 heavy (non-hydrogen) atoms. The van der Waals surface area contributed by atoms with Crippen LogP contribution in [0.3, 0.4) is 0 Å². The van der Waals surface area contributed by atoms with Crippen molar-refractivity contribution in [2.24, 2.45) is 5.92 Å². The highest BCUT2D eigenvalue weighted by molar-refractivity contribution is 4.89. The Morgan fingerprint density at radius 1 is 1.62 bits per heavy atom. The largest absolute Gasteiger partial charge is 0.306 e. The van der Waals surface area contributed by atoms with Crippen LogP contribution >= 0.6 is 0 Å². The average molecular weight is 181 g/mol. The third-order valence-corrected chi connectivity index (χ3v) is 2.57. The fourth-order valence-corrected chi connectivity index (χ4v) is 1.46. The van der Waals surface area contributed by atoms with Crippen molar-refractivity contribution in [3.8, 4) is 6.07 Å². The maximum Gasteiger partial charge on any atom is 0.0962 e. The molecule has 1 unspecified atom stereocenters. The summed E-state index contributed by atoms with van der Waals surface area (Å²) in [6.07, 6.45) is 3.73. The average Bonchev–Trinajstić information content (AvgIpc) is 2.90. The third-order valence-electron chi connectivity index (χ3n) is 2.57. The van der Waals surface area contributed by atoms with Crippen molar-refractivity contribution in [1.29, 1.82) is 5.26 Å². The van der Waals surface area contributed by atoms with Crippen LogP contribution in [-0.2, 0) is 0 Å². The van der Waals surface area contributed by atoms with Gasteiger partial charge in [0, 0.05) is 13.1 Å². The van der Waals surface area contributed by atoms with Crippen LogP contribution in [0.15, 0.2) is 0 Å². The van der Waals surface area contributed by atoms with Crippen molar-refractivity contribution >= 4 is 0 Å². The molecule has 1 fully saturated rings. The van der Waals surface area contributed by atoms with Crippen molar-refractivity contribution in [1.82, 2.24) is 10.2 Å². The molecule has 0 aromatic rings. The van der Waals surface area contributed by atoms with Gasteiger partial charge in [-0.1, -0.05) is 0 Å². The molecule has 1 atom stereocenters. The van der Waals surface area contributed by atoms with Crippen LogP contribution in [0.1, 0.15) is 19.3 Å². The van der Waals surface area contributed by atoms with Gasteiger partial charge in [0.1, 0.15) is 0 Å². The quantitative estimate of drug-likeness (QED) is 0.659. The zero-order valence-corrected chi connectivity index (χ0v) is 8.58. The van der Waals surface area contributed by atoms with Gasteiger partial charge in [-0.25, -0.2) is 0 Å². The van der Waals surface area contributed by atoms with Crippen molar-refractivity contribution in [2.75, 3.05) is 27.2 Å². The van der Waals surface area contributed by atoms with Crippen LogP contribution in [0.2, 0.25) is 0 Å². The number of hydrogen-bond donors (Lipinski definition) is 1. The molecule has 0 heterocycles. The first kappa shape index (κ1) is 10.5. The molecule has 0 bridgehead atoms. The molecule has 3 heteroatoms. The predicted octanol–water partition coefficient (Wildman–Crippen LogP) is 0.830. The summed E-state index contributed by atoms with van der Waals surface area (Å²) in [5.41, 5.74) is 0. The Balaban J connectivity index is 2.05. The van der Waals surface area contributed by atoms with Gasteiger partial charge in [0.05, 0.1) is 12.1 Å². The zero-order valence-electron chi connectivity index (χ0n) is 8.58. The Bertz CT molecular complexity index is 181. The lowest BCUT2D eigenvalue weighted by Gasteiger charge is -2.17. The van der Waals surface area contributed by atoms with Gasteiger partial charge in [-0.15, -0.1) is 0 Å². The van der Waals surface area contributed by atoms with E-state index in [1.165, 1.54) is 19.4 Å². The van der Waals surface area contributed by atoms with Gasteiger partial charge in [0.25, 0.3) is 0 Å². The summed E-state index contributed by atoms with van der Waals surface area (Å²) in [6, 6.07) is 2.25. The minimum atomic E-state index is 0.0154. The van der Waals surface area contributed by atoms with Gasteiger partial charge in [-0.2, -0.15) is 5.26 Å². The molecule has 0 aromatic carbocycles. The molecule has 1 aliphatic rings. The topological polar surface area (TPSA) is 39.1 Å². The van der Waals surface area contributed by atoms with Gasteiger partial charge in [0.2, 0.25) is 0 Å². The maximum atomic E-state index is 8.70. The fraction of sp³-hybridized carbons (Fsp3) is 0.900. The van der Waals surface area contributed by atoms with E-state index in [-0.39, 0.29) is 6.04 Å².